The summed E-state index contributed by atoms with van der Waals surface area (Å²) in [6, 6.07) is 5.41. The van der Waals surface area contributed by atoms with Gasteiger partial charge in [-0.05, 0) is 25.5 Å². The van der Waals surface area contributed by atoms with Crippen LogP contribution in [0.5, 0.6) is 0 Å². The molecule has 6 heteroatoms. The van der Waals surface area contributed by atoms with E-state index in [9.17, 15) is 4.79 Å². The molecule has 0 aliphatic heterocycles. The summed E-state index contributed by atoms with van der Waals surface area (Å²) >= 11 is 0. The number of pyridine rings is 1. The lowest BCUT2D eigenvalue weighted by atomic mass is 10.3. The first-order valence-electron chi connectivity index (χ1n) is 5.58. The monoisotopic (exact) mass is 233 g/mol. The average Bonchev–Trinajstić information content (AvgIpc) is 2.72. The highest BCUT2D eigenvalue weighted by atomic mass is 16.2. The van der Waals surface area contributed by atoms with Gasteiger partial charge in [0.25, 0.3) is 0 Å². The van der Waals surface area contributed by atoms with Crippen LogP contribution in [0.2, 0.25) is 0 Å². The second-order valence-corrected chi connectivity index (χ2v) is 3.86. The third-order valence-corrected chi connectivity index (χ3v) is 2.53. The highest BCUT2D eigenvalue weighted by Gasteiger charge is 2.09. The van der Waals surface area contributed by atoms with Crippen LogP contribution in [0.4, 0.5) is 10.7 Å². The second-order valence-electron chi connectivity index (χ2n) is 3.86. The zero-order valence-electron chi connectivity index (χ0n) is 9.84. The number of carbonyl (C=O) groups excluding carboxylic acids is 1. The Bertz CT molecular complexity index is 521. The zero-order valence-corrected chi connectivity index (χ0v) is 9.84. The Morgan fingerprint density at radius 2 is 2.29 bits per heavy atom. The Morgan fingerprint density at radius 1 is 1.47 bits per heavy atom. The van der Waals surface area contributed by atoms with Crippen molar-refractivity contribution in [3.8, 4) is 0 Å². The predicted molar refractivity (Wildman–Crippen MR) is 64.9 cm³/mol. The van der Waals surface area contributed by atoms with Gasteiger partial charge in [-0.1, -0.05) is 13.0 Å². The standard InChI is InChI=1S/C11H15N5O/c1-3-8(2)12-11(17)13-10-15-14-9-6-4-5-7-16(9)10/h4-8H,3H2,1-2H3,(H2,12,13,15,17)/t8-/m0/s1. The number of fused-ring (bicyclic) bond motifs is 1. The van der Waals surface area contributed by atoms with Gasteiger partial charge < -0.3 is 5.32 Å². The molecule has 0 aliphatic carbocycles. The number of nitrogens with zero attached hydrogens (tertiary/aromatic N) is 3. The highest BCUT2D eigenvalue weighted by molar-refractivity contribution is 5.87. The molecule has 1 atom stereocenters. The lowest BCUT2D eigenvalue weighted by Crippen LogP contribution is -2.36. The summed E-state index contributed by atoms with van der Waals surface area (Å²) in [5.74, 6) is 0.418. The molecule has 2 aromatic rings. The van der Waals surface area contributed by atoms with Crippen molar-refractivity contribution in [2.45, 2.75) is 26.3 Å². The Balaban J connectivity index is 2.11. The molecule has 90 valence electrons. The number of nitrogens with one attached hydrogen (secondary N) is 2. The van der Waals surface area contributed by atoms with Crippen molar-refractivity contribution in [1.29, 1.82) is 0 Å². The molecule has 0 fully saturated rings. The summed E-state index contributed by atoms with van der Waals surface area (Å²) in [6.07, 6.45) is 2.68. The van der Waals surface area contributed by atoms with Crippen molar-refractivity contribution >= 4 is 17.6 Å². The van der Waals surface area contributed by atoms with Gasteiger partial charge in [0, 0.05) is 12.2 Å². The first-order chi connectivity index (χ1) is 8.20. The van der Waals surface area contributed by atoms with Crippen LogP contribution in [0.3, 0.4) is 0 Å². The Hall–Kier alpha value is -2.11. The molecule has 0 aliphatic rings. The molecular formula is C11H15N5O. The fraction of sp³-hybridized carbons (Fsp3) is 0.364. The summed E-state index contributed by atoms with van der Waals surface area (Å²) in [7, 11) is 0. The number of aromatic nitrogens is 3. The van der Waals surface area contributed by atoms with Gasteiger partial charge in [-0.3, -0.25) is 9.72 Å². The predicted octanol–water partition coefficient (Wildman–Crippen LogP) is 1.65. The van der Waals surface area contributed by atoms with E-state index in [1.54, 1.807) is 10.6 Å². The average molecular weight is 233 g/mol. The van der Waals surface area contributed by atoms with E-state index < -0.39 is 0 Å². The number of anilines is 1. The molecule has 0 aromatic carbocycles. The molecule has 2 rings (SSSR count). The van der Waals surface area contributed by atoms with E-state index in [0.29, 0.717) is 11.6 Å². The first-order valence-corrected chi connectivity index (χ1v) is 5.58. The number of amides is 2. The molecule has 0 saturated heterocycles. The van der Waals surface area contributed by atoms with Gasteiger partial charge in [-0.25, -0.2) is 4.79 Å². The molecular weight excluding hydrogens is 218 g/mol. The molecule has 17 heavy (non-hydrogen) atoms. The van der Waals surface area contributed by atoms with E-state index in [0.717, 1.165) is 6.42 Å². The second kappa shape index (κ2) is 4.82. The number of hydrogen-bond acceptors (Lipinski definition) is 3. The van der Waals surface area contributed by atoms with Gasteiger partial charge in [0.05, 0.1) is 0 Å². The van der Waals surface area contributed by atoms with Crippen LogP contribution in [0.1, 0.15) is 20.3 Å². The van der Waals surface area contributed by atoms with Crippen molar-refractivity contribution in [2.24, 2.45) is 0 Å². The number of hydrogen-bond donors (Lipinski definition) is 2. The lowest BCUT2D eigenvalue weighted by Gasteiger charge is -2.11. The van der Waals surface area contributed by atoms with Crippen molar-refractivity contribution in [2.75, 3.05) is 5.32 Å². The summed E-state index contributed by atoms with van der Waals surface area (Å²) in [6.45, 7) is 3.96. The van der Waals surface area contributed by atoms with Gasteiger partial charge >= 0.3 is 6.03 Å². The third kappa shape index (κ3) is 2.52. The topological polar surface area (TPSA) is 71.3 Å². The van der Waals surface area contributed by atoms with Crippen LogP contribution < -0.4 is 10.6 Å². The largest absolute Gasteiger partial charge is 0.335 e. The van der Waals surface area contributed by atoms with Gasteiger partial charge in [0.15, 0.2) is 5.65 Å². The van der Waals surface area contributed by atoms with E-state index >= 15 is 0 Å². The van der Waals surface area contributed by atoms with E-state index in [1.165, 1.54) is 0 Å². The maximum atomic E-state index is 11.6. The lowest BCUT2D eigenvalue weighted by molar-refractivity contribution is 0.248. The van der Waals surface area contributed by atoms with E-state index in [1.807, 2.05) is 32.0 Å². The fourth-order valence-corrected chi connectivity index (χ4v) is 1.39. The first kappa shape index (κ1) is 11.4. The SMILES string of the molecule is CC[C@H](C)NC(=O)Nc1nnc2ccccn12. The maximum Gasteiger partial charge on any atom is 0.321 e. The summed E-state index contributed by atoms with van der Waals surface area (Å²) in [5.41, 5.74) is 0.700. The van der Waals surface area contributed by atoms with E-state index in [4.69, 9.17) is 0 Å². The maximum absolute atomic E-state index is 11.6. The van der Waals surface area contributed by atoms with Crippen molar-refractivity contribution in [3.63, 3.8) is 0 Å². The minimum Gasteiger partial charge on any atom is -0.335 e. The minimum absolute atomic E-state index is 0.134. The number of rotatable bonds is 3. The quantitative estimate of drug-likeness (QED) is 0.846. The number of carbonyl (C=O) groups is 1. The van der Waals surface area contributed by atoms with Crippen molar-refractivity contribution < 1.29 is 4.79 Å². The third-order valence-electron chi connectivity index (χ3n) is 2.53. The molecule has 2 N–H and O–H groups in total. The van der Waals surface area contributed by atoms with Crippen LogP contribution in [-0.2, 0) is 0 Å². The molecule has 2 amide bonds. The summed E-state index contributed by atoms with van der Waals surface area (Å²) in [4.78, 5) is 11.6. The molecule has 0 spiro atoms. The molecule has 6 nitrogen and oxygen atoms in total. The Morgan fingerprint density at radius 3 is 3.06 bits per heavy atom. The Kier molecular flexibility index (Phi) is 3.22. The van der Waals surface area contributed by atoms with Crippen LogP contribution in [0.25, 0.3) is 5.65 Å². The molecule has 2 aromatic heterocycles. The van der Waals surface area contributed by atoms with Crippen LogP contribution in [0, 0.1) is 0 Å². The van der Waals surface area contributed by atoms with E-state index in [-0.39, 0.29) is 12.1 Å². The molecule has 0 saturated carbocycles. The molecule has 2 heterocycles. The number of urea groups is 1. The van der Waals surface area contributed by atoms with Gasteiger partial charge in [-0.2, -0.15) is 0 Å². The Labute approximate surface area is 99.0 Å². The normalized spacial score (nSPS) is 12.4. The molecule has 0 bridgehead atoms. The highest BCUT2D eigenvalue weighted by Crippen LogP contribution is 2.06. The van der Waals surface area contributed by atoms with E-state index in [2.05, 4.69) is 20.8 Å². The fourth-order valence-electron chi connectivity index (χ4n) is 1.39. The van der Waals surface area contributed by atoms with Gasteiger partial charge in [-0.15, -0.1) is 10.2 Å². The summed E-state index contributed by atoms with van der Waals surface area (Å²) in [5, 5.41) is 13.3. The molecule has 0 radical (unpaired) electrons. The van der Waals surface area contributed by atoms with Crippen LogP contribution in [-0.4, -0.2) is 26.7 Å². The van der Waals surface area contributed by atoms with Crippen molar-refractivity contribution in [1.82, 2.24) is 19.9 Å². The smallest absolute Gasteiger partial charge is 0.321 e. The zero-order chi connectivity index (χ0) is 12.3. The summed E-state index contributed by atoms with van der Waals surface area (Å²) < 4.78 is 1.72. The minimum atomic E-state index is -0.266. The molecule has 0 unspecified atom stereocenters. The van der Waals surface area contributed by atoms with Crippen molar-refractivity contribution in [3.05, 3.63) is 24.4 Å². The van der Waals surface area contributed by atoms with Crippen LogP contribution in [0.15, 0.2) is 24.4 Å². The van der Waals surface area contributed by atoms with Gasteiger partial charge in [0.2, 0.25) is 5.95 Å². The van der Waals surface area contributed by atoms with Gasteiger partial charge in [0.1, 0.15) is 0 Å². The van der Waals surface area contributed by atoms with Crippen LogP contribution >= 0.6 is 0 Å².